The van der Waals surface area contributed by atoms with Gasteiger partial charge in [-0.2, -0.15) is 0 Å². The topological polar surface area (TPSA) is 81.4 Å². The molecular formula is C17H13FN2O4. The van der Waals surface area contributed by atoms with Crippen LogP contribution in [0, 0.1) is 5.82 Å². The highest BCUT2D eigenvalue weighted by Crippen LogP contribution is 2.18. The van der Waals surface area contributed by atoms with Crippen molar-refractivity contribution < 1.29 is 23.2 Å². The van der Waals surface area contributed by atoms with Crippen molar-refractivity contribution in [3.63, 3.8) is 0 Å². The zero-order chi connectivity index (χ0) is 16.9. The van der Waals surface area contributed by atoms with E-state index in [9.17, 15) is 14.0 Å². The van der Waals surface area contributed by atoms with Crippen molar-refractivity contribution in [2.45, 2.75) is 6.42 Å². The van der Waals surface area contributed by atoms with Gasteiger partial charge in [-0.3, -0.25) is 9.59 Å². The standard InChI is InChI=1S/C17H13FN2O4/c18-11-5-7-12(8-6-11)19-16(21)10-23-17(22)9-14-13-3-1-2-4-15(13)24-20-14/h1-8H,9-10H2,(H,19,21). The van der Waals surface area contributed by atoms with Crippen LogP contribution in [0.3, 0.4) is 0 Å². The third-order valence-corrected chi connectivity index (χ3v) is 3.26. The minimum absolute atomic E-state index is 0.0964. The highest BCUT2D eigenvalue weighted by Gasteiger charge is 2.14. The molecule has 0 aliphatic rings. The number of hydrogen-bond donors (Lipinski definition) is 1. The van der Waals surface area contributed by atoms with E-state index in [1.54, 1.807) is 18.2 Å². The van der Waals surface area contributed by atoms with Crippen LogP contribution in [0.25, 0.3) is 11.0 Å². The van der Waals surface area contributed by atoms with Crippen LogP contribution in [0.1, 0.15) is 5.69 Å². The number of carbonyl (C=O) groups is 2. The van der Waals surface area contributed by atoms with Crippen LogP contribution in [0.5, 0.6) is 0 Å². The van der Waals surface area contributed by atoms with Gasteiger partial charge in [-0.25, -0.2) is 4.39 Å². The molecule has 122 valence electrons. The first-order valence-corrected chi connectivity index (χ1v) is 7.16. The molecule has 0 saturated heterocycles. The average Bonchev–Trinajstić information content (AvgIpc) is 2.98. The van der Waals surface area contributed by atoms with Crippen molar-refractivity contribution in [1.29, 1.82) is 0 Å². The summed E-state index contributed by atoms with van der Waals surface area (Å²) in [5.41, 5.74) is 1.45. The number of nitrogens with one attached hydrogen (secondary N) is 1. The van der Waals surface area contributed by atoms with Crippen LogP contribution in [-0.2, 0) is 20.7 Å². The largest absolute Gasteiger partial charge is 0.455 e. The van der Waals surface area contributed by atoms with Crippen molar-refractivity contribution in [1.82, 2.24) is 5.16 Å². The zero-order valence-corrected chi connectivity index (χ0v) is 12.5. The van der Waals surface area contributed by atoms with Crippen LogP contribution in [-0.4, -0.2) is 23.6 Å². The third-order valence-electron chi connectivity index (χ3n) is 3.26. The van der Waals surface area contributed by atoms with Gasteiger partial charge in [0.05, 0.1) is 6.42 Å². The number of esters is 1. The molecule has 0 spiro atoms. The highest BCUT2D eigenvalue weighted by atomic mass is 19.1. The van der Waals surface area contributed by atoms with E-state index >= 15 is 0 Å². The number of nitrogens with zero attached hydrogens (tertiary/aromatic N) is 1. The lowest BCUT2D eigenvalue weighted by atomic mass is 10.2. The second-order valence-electron chi connectivity index (χ2n) is 5.02. The summed E-state index contributed by atoms with van der Waals surface area (Å²) in [5.74, 6) is -1.51. The Morgan fingerprint density at radius 3 is 2.67 bits per heavy atom. The second-order valence-corrected chi connectivity index (χ2v) is 5.02. The molecule has 0 radical (unpaired) electrons. The predicted molar refractivity (Wildman–Crippen MR) is 83.7 cm³/mol. The minimum Gasteiger partial charge on any atom is -0.455 e. The molecule has 24 heavy (non-hydrogen) atoms. The summed E-state index contributed by atoms with van der Waals surface area (Å²) in [6.07, 6.45) is -0.0964. The fourth-order valence-corrected chi connectivity index (χ4v) is 2.13. The molecule has 1 amide bonds. The molecule has 0 fully saturated rings. The number of aromatic nitrogens is 1. The number of ether oxygens (including phenoxy) is 1. The Labute approximate surface area is 136 Å². The summed E-state index contributed by atoms with van der Waals surface area (Å²) < 4.78 is 22.8. The third kappa shape index (κ3) is 3.75. The lowest BCUT2D eigenvalue weighted by molar-refractivity contribution is -0.146. The maximum Gasteiger partial charge on any atom is 0.312 e. The summed E-state index contributed by atoms with van der Waals surface area (Å²) >= 11 is 0. The van der Waals surface area contributed by atoms with Crippen molar-refractivity contribution in [3.05, 3.63) is 60.0 Å². The molecule has 0 saturated carbocycles. The van der Waals surface area contributed by atoms with Crippen LogP contribution >= 0.6 is 0 Å². The minimum atomic E-state index is -0.594. The lowest BCUT2D eigenvalue weighted by Gasteiger charge is -2.06. The normalized spacial score (nSPS) is 10.5. The predicted octanol–water partition coefficient (Wildman–Crippen LogP) is 2.69. The number of para-hydroxylation sites is 1. The van der Waals surface area contributed by atoms with E-state index in [2.05, 4.69) is 10.5 Å². The van der Waals surface area contributed by atoms with E-state index in [-0.39, 0.29) is 6.42 Å². The molecule has 1 N–H and O–H groups in total. The number of hydrogen-bond acceptors (Lipinski definition) is 5. The summed E-state index contributed by atoms with van der Waals surface area (Å²) in [7, 11) is 0. The number of benzene rings is 2. The van der Waals surface area contributed by atoms with E-state index < -0.39 is 24.3 Å². The van der Waals surface area contributed by atoms with Crippen molar-refractivity contribution >= 4 is 28.5 Å². The van der Waals surface area contributed by atoms with Crippen LogP contribution in [0.2, 0.25) is 0 Å². The molecule has 3 aromatic rings. The van der Waals surface area contributed by atoms with Crippen molar-refractivity contribution in [3.8, 4) is 0 Å². The highest BCUT2D eigenvalue weighted by molar-refractivity contribution is 5.93. The van der Waals surface area contributed by atoms with Gasteiger partial charge in [0.25, 0.3) is 5.91 Å². The van der Waals surface area contributed by atoms with Gasteiger partial charge in [0.2, 0.25) is 0 Å². The van der Waals surface area contributed by atoms with Gasteiger partial charge in [0, 0.05) is 11.1 Å². The van der Waals surface area contributed by atoms with E-state index in [1.807, 2.05) is 6.07 Å². The SMILES string of the molecule is O=C(COC(=O)Cc1noc2ccccc12)Nc1ccc(F)cc1. The van der Waals surface area contributed by atoms with E-state index in [1.165, 1.54) is 24.3 Å². The molecule has 3 rings (SSSR count). The Kier molecular flexibility index (Phi) is 4.51. The van der Waals surface area contributed by atoms with Gasteiger partial charge in [-0.05, 0) is 36.4 Å². The van der Waals surface area contributed by atoms with Crippen LogP contribution in [0.4, 0.5) is 10.1 Å². The molecule has 1 aromatic heterocycles. The number of carbonyl (C=O) groups excluding carboxylic acids is 2. The van der Waals surface area contributed by atoms with Crippen LogP contribution in [0.15, 0.2) is 53.1 Å². The first-order chi connectivity index (χ1) is 11.6. The Morgan fingerprint density at radius 1 is 1.12 bits per heavy atom. The first kappa shape index (κ1) is 15.7. The quantitative estimate of drug-likeness (QED) is 0.728. The molecule has 0 unspecified atom stereocenters. The monoisotopic (exact) mass is 328 g/mol. The number of anilines is 1. The van der Waals surface area contributed by atoms with E-state index in [0.717, 1.165) is 5.39 Å². The molecule has 7 heteroatoms. The molecule has 2 aromatic carbocycles. The summed E-state index contributed by atoms with van der Waals surface area (Å²) in [5, 5.41) is 7.05. The van der Waals surface area contributed by atoms with Gasteiger partial charge in [0.15, 0.2) is 12.2 Å². The number of halogens is 1. The Bertz CT molecular complexity index is 874. The molecule has 0 atom stereocenters. The maximum absolute atomic E-state index is 12.8. The van der Waals surface area contributed by atoms with E-state index in [0.29, 0.717) is 17.0 Å². The van der Waals surface area contributed by atoms with Crippen molar-refractivity contribution in [2.24, 2.45) is 0 Å². The fourth-order valence-electron chi connectivity index (χ4n) is 2.13. The smallest absolute Gasteiger partial charge is 0.312 e. The Balaban J connectivity index is 1.52. The Hall–Kier alpha value is -3.22. The summed E-state index contributed by atoms with van der Waals surface area (Å²) in [4.78, 5) is 23.5. The summed E-state index contributed by atoms with van der Waals surface area (Å²) in [6.45, 7) is -0.438. The second kappa shape index (κ2) is 6.91. The average molecular weight is 328 g/mol. The molecule has 0 bridgehead atoms. The fraction of sp³-hybridized carbons (Fsp3) is 0.118. The molecule has 1 heterocycles. The van der Waals surface area contributed by atoms with Gasteiger partial charge in [-0.1, -0.05) is 17.3 Å². The lowest BCUT2D eigenvalue weighted by Crippen LogP contribution is -2.21. The van der Waals surface area contributed by atoms with Gasteiger partial charge in [-0.15, -0.1) is 0 Å². The van der Waals surface area contributed by atoms with Crippen LogP contribution < -0.4 is 5.32 Å². The van der Waals surface area contributed by atoms with Crippen molar-refractivity contribution in [2.75, 3.05) is 11.9 Å². The number of amides is 1. The molecule has 0 aliphatic carbocycles. The maximum atomic E-state index is 12.8. The first-order valence-electron chi connectivity index (χ1n) is 7.16. The van der Waals surface area contributed by atoms with Gasteiger partial charge in [0.1, 0.15) is 11.5 Å². The zero-order valence-electron chi connectivity index (χ0n) is 12.5. The van der Waals surface area contributed by atoms with Gasteiger partial charge < -0.3 is 14.6 Å². The number of fused-ring (bicyclic) bond motifs is 1. The molecule has 6 nitrogen and oxygen atoms in total. The Morgan fingerprint density at radius 2 is 1.88 bits per heavy atom. The summed E-state index contributed by atoms with van der Waals surface area (Å²) in [6, 6.07) is 12.4. The molecule has 0 aliphatic heterocycles. The van der Waals surface area contributed by atoms with E-state index in [4.69, 9.17) is 9.26 Å². The number of rotatable bonds is 5. The molecular weight excluding hydrogens is 315 g/mol. The van der Waals surface area contributed by atoms with Gasteiger partial charge >= 0.3 is 5.97 Å².